The fourth-order valence-corrected chi connectivity index (χ4v) is 5.59. The van der Waals surface area contributed by atoms with E-state index in [9.17, 15) is 9.59 Å². The number of likely N-dealkylation sites (N-methyl/N-ethyl adjacent to an activating group) is 1. The summed E-state index contributed by atoms with van der Waals surface area (Å²) in [5.74, 6) is 0.0608. The molecule has 204 valence electrons. The van der Waals surface area contributed by atoms with Gasteiger partial charge in [-0.25, -0.2) is 4.98 Å². The van der Waals surface area contributed by atoms with Gasteiger partial charge in [-0.15, -0.1) is 0 Å². The van der Waals surface area contributed by atoms with Gasteiger partial charge in [0.1, 0.15) is 5.57 Å². The van der Waals surface area contributed by atoms with Crippen LogP contribution in [0.2, 0.25) is 5.02 Å². The number of halogens is 1. The molecule has 4 N–H and O–H groups in total. The Balaban J connectivity index is 1.79. The molecule has 0 fully saturated rings. The van der Waals surface area contributed by atoms with Gasteiger partial charge in [0.25, 0.3) is 11.8 Å². The van der Waals surface area contributed by atoms with E-state index in [1.165, 1.54) is 24.3 Å². The number of anilines is 1. The second-order valence-electron chi connectivity index (χ2n) is 9.66. The minimum atomic E-state index is -0.516. The number of amides is 2. The summed E-state index contributed by atoms with van der Waals surface area (Å²) in [6.45, 7) is 4.35. The maximum Gasteiger partial charge on any atom is 0.260 e. The van der Waals surface area contributed by atoms with Crippen molar-refractivity contribution in [3.63, 3.8) is 0 Å². The molecule has 0 saturated carbocycles. The van der Waals surface area contributed by atoms with Crippen LogP contribution in [0.5, 0.6) is 5.88 Å². The van der Waals surface area contributed by atoms with Crippen LogP contribution in [0.1, 0.15) is 49.3 Å². The molecule has 7 nitrogen and oxygen atoms in total. The van der Waals surface area contributed by atoms with Crippen LogP contribution in [-0.4, -0.2) is 37.5 Å². The number of nitrogens with two attached hydrogens (primary N) is 1. The molecule has 1 heterocycles. The number of aromatic nitrogens is 1. The smallest absolute Gasteiger partial charge is 0.260 e. The van der Waals surface area contributed by atoms with Gasteiger partial charge in [-0.05, 0) is 54.0 Å². The van der Waals surface area contributed by atoms with Gasteiger partial charge in [-0.2, -0.15) is 0 Å². The summed E-state index contributed by atoms with van der Waals surface area (Å²) in [4.78, 5) is 30.1. The van der Waals surface area contributed by atoms with Gasteiger partial charge in [0.05, 0.1) is 17.8 Å². The van der Waals surface area contributed by atoms with Gasteiger partial charge < -0.3 is 21.1 Å². The monoisotopic (exact) mass is 546 g/mol. The molecular weight excluding hydrogens is 512 g/mol. The predicted octanol–water partition coefficient (Wildman–Crippen LogP) is 5.65. The highest BCUT2D eigenvalue weighted by atomic mass is 35.5. The molecule has 0 aliphatic heterocycles. The summed E-state index contributed by atoms with van der Waals surface area (Å²) in [7, 11) is 3.13. The average Bonchev–Trinajstić information content (AvgIpc) is 3.32. The highest BCUT2D eigenvalue weighted by Gasteiger charge is 2.26. The van der Waals surface area contributed by atoms with Crippen LogP contribution in [-0.2, 0) is 22.4 Å². The lowest BCUT2D eigenvalue weighted by Gasteiger charge is -2.18. The van der Waals surface area contributed by atoms with E-state index in [-0.39, 0.29) is 12.1 Å². The van der Waals surface area contributed by atoms with Gasteiger partial charge in [0.2, 0.25) is 5.88 Å². The van der Waals surface area contributed by atoms with Crippen molar-refractivity contribution in [1.29, 1.82) is 0 Å². The van der Waals surface area contributed by atoms with Crippen LogP contribution in [0.25, 0.3) is 22.4 Å². The number of methoxy groups -OCH3 is 1. The number of benzene rings is 2. The van der Waals surface area contributed by atoms with Crippen molar-refractivity contribution < 1.29 is 14.3 Å². The highest BCUT2D eigenvalue weighted by molar-refractivity contribution is 6.36. The number of fused-ring (bicyclic) bond motifs is 1. The normalized spacial score (nSPS) is 14.6. The lowest BCUT2D eigenvalue weighted by molar-refractivity contribution is -0.121. The number of ether oxygens (including phenoxy) is 1. The average molecular weight is 547 g/mol. The molecule has 3 aromatic rings. The second kappa shape index (κ2) is 12.5. The van der Waals surface area contributed by atoms with Gasteiger partial charge in [0, 0.05) is 36.0 Å². The van der Waals surface area contributed by atoms with E-state index in [2.05, 4.69) is 30.5 Å². The van der Waals surface area contributed by atoms with Crippen LogP contribution in [0, 0.1) is 0 Å². The van der Waals surface area contributed by atoms with Crippen molar-refractivity contribution >= 4 is 29.1 Å². The molecule has 1 aromatic heterocycles. The fourth-order valence-electron chi connectivity index (χ4n) is 5.27. The second-order valence-corrected chi connectivity index (χ2v) is 10.0. The Morgan fingerprint density at radius 1 is 1.15 bits per heavy atom. The number of hydrogen-bond donors (Lipinski definition) is 3. The van der Waals surface area contributed by atoms with E-state index in [1.54, 1.807) is 7.11 Å². The van der Waals surface area contributed by atoms with Crippen LogP contribution < -0.4 is 21.1 Å². The Morgan fingerprint density at radius 3 is 2.56 bits per heavy atom. The third-order valence-electron chi connectivity index (χ3n) is 7.17. The zero-order valence-corrected chi connectivity index (χ0v) is 23.6. The summed E-state index contributed by atoms with van der Waals surface area (Å²) in [5.41, 5.74) is 12.9. The number of rotatable bonds is 9. The maximum atomic E-state index is 13.0. The Labute approximate surface area is 234 Å². The summed E-state index contributed by atoms with van der Waals surface area (Å²) < 4.78 is 5.67. The third kappa shape index (κ3) is 5.70. The van der Waals surface area contributed by atoms with Gasteiger partial charge in [-0.1, -0.05) is 68.3 Å². The van der Waals surface area contributed by atoms with Crippen molar-refractivity contribution in [2.24, 2.45) is 5.73 Å². The molecule has 2 amide bonds. The molecule has 4 rings (SSSR count). The van der Waals surface area contributed by atoms with Crippen molar-refractivity contribution in [2.75, 3.05) is 26.0 Å². The molecule has 1 aliphatic rings. The van der Waals surface area contributed by atoms with E-state index in [0.717, 1.165) is 47.2 Å². The topological polar surface area (TPSA) is 106 Å². The first kappa shape index (κ1) is 28.3. The first-order valence-corrected chi connectivity index (χ1v) is 13.6. The van der Waals surface area contributed by atoms with Crippen molar-refractivity contribution in [2.45, 2.75) is 45.4 Å². The zero-order valence-electron chi connectivity index (χ0n) is 22.9. The van der Waals surface area contributed by atoms with Crippen LogP contribution >= 0.6 is 11.6 Å². The van der Waals surface area contributed by atoms with E-state index >= 15 is 0 Å². The Kier molecular flexibility index (Phi) is 9.04. The number of pyridine rings is 1. The lowest BCUT2D eigenvalue weighted by Crippen LogP contribution is -2.29. The molecule has 2 aromatic carbocycles. The van der Waals surface area contributed by atoms with Gasteiger partial charge in [-0.3, -0.25) is 9.59 Å². The first-order chi connectivity index (χ1) is 18.8. The Bertz CT molecular complexity index is 1430. The lowest BCUT2D eigenvalue weighted by atomic mass is 9.93. The quantitative estimate of drug-likeness (QED) is 0.183. The van der Waals surface area contributed by atoms with Crippen molar-refractivity contribution in [3.8, 4) is 28.3 Å². The van der Waals surface area contributed by atoms with E-state index in [0.29, 0.717) is 28.9 Å². The Morgan fingerprint density at radius 2 is 1.87 bits per heavy atom. The Hall–Kier alpha value is -3.68. The van der Waals surface area contributed by atoms with Crippen LogP contribution in [0.3, 0.4) is 0 Å². The molecule has 8 heteroatoms. The number of nitrogens with zero attached hydrogens (tertiary/aromatic N) is 1. The van der Waals surface area contributed by atoms with Gasteiger partial charge >= 0.3 is 0 Å². The number of nitrogens with one attached hydrogen (secondary N) is 2. The van der Waals surface area contributed by atoms with Crippen molar-refractivity contribution in [1.82, 2.24) is 10.3 Å². The number of hydrogen-bond acceptors (Lipinski definition) is 5. The van der Waals surface area contributed by atoms with Crippen LogP contribution in [0.15, 0.2) is 54.1 Å². The SMILES string of the molecule is CCCc1c(NC(=O)/C(=C/CN)C(=O)NC)cccc1-c1cccc(-c2cc3c(c(OC)n2)C(C)CC3)c1Cl. The summed E-state index contributed by atoms with van der Waals surface area (Å²) >= 11 is 7.09. The predicted molar refractivity (Wildman–Crippen MR) is 157 cm³/mol. The summed E-state index contributed by atoms with van der Waals surface area (Å²) in [6.07, 6.45) is 5.02. The minimum Gasteiger partial charge on any atom is -0.481 e. The highest BCUT2D eigenvalue weighted by Crippen LogP contribution is 2.43. The molecule has 0 saturated heterocycles. The largest absolute Gasteiger partial charge is 0.481 e. The van der Waals surface area contributed by atoms with Crippen LogP contribution in [0.4, 0.5) is 5.69 Å². The molecule has 1 aliphatic carbocycles. The summed E-state index contributed by atoms with van der Waals surface area (Å²) in [6, 6.07) is 13.7. The zero-order chi connectivity index (χ0) is 28.1. The number of carbonyl (C=O) groups is 2. The van der Waals surface area contributed by atoms with E-state index in [4.69, 9.17) is 27.1 Å². The standard InChI is InChI=1S/C31H35ClN4O3/c1-5-8-21-20(9-7-12-25(21)35-30(38)24(15-16-33)29(37)34-3)22-10-6-11-23(28(22)32)26-17-19-14-13-18(2)27(19)31(36-26)39-4/h6-7,9-12,15,17-18H,5,8,13-14,16,33H2,1-4H3,(H,34,37)(H,35,38)/b24-15+. The molecule has 39 heavy (non-hydrogen) atoms. The molecule has 1 atom stereocenters. The molecule has 0 bridgehead atoms. The first-order valence-electron chi connectivity index (χ1n) is 13.3. The third-order valence-corrected chi connectivity index (χ3v) is 7.58. The maximum absolute atomic E-state index is 13.0. The molecule has 1 unspecified atom stereocenters. The minimum absolute atomic E-state index is 0.0289. The van der Waals surface area contributed by atoms with E-state index in [1.807, 2.05) is 36.4 Å². The molecule has 0 radical (unpaired) electrons. The van der Waals surface area contributed by atoms with Gasteiger partial charge in [0.15, 0.2) is 0 Å². The van der Waals surface area contributed by atoms with Crippen molar-refractivity contribution in [3.05, 3.63) is 75.8 Å². The number of aryl methyl sites for hydroxylation is 1. The molecular formula is C31H35ClN4O3. The summed E-state index contributed by atoms with van der Waals surface area (Å²) in [5, 5.41) is 5.99. The van der Waals surface area contributed by atoms with E-state index < -0.39 is 11.8 Å². The fraction of sp³-hybridized carbons (Fsp3) is 0.323. The number of carbonyl (C=O) groups excluding carboxylic acids is 2. The molecule has 0 spiro atoms.